The average Bonchev–Trinajstić information content (AvgIpc) is 3.00. The molecule has 1 aliphatic heterocycles. The Hall–Kier alpha value is -3.47. The van der Waals surface area contributed by atoms with Gasteiger partial charge in [-0.05, 0) is 71.6 Å². The normalized spacial score (nSPS) is 17.8. The molecule has 0 spiro atoms. The quantitative estimate of drug-likeness (QED) is 0.200. The molecular weight excluding hydrogens is 685 g/mol. The maximum atomic E-state index is 14.6. The number of nitrogens with two attached hydrogens (primary N) is 1. The Morgan fingerprint density at radius 2 is 1.57 bits per heavy atom. The Kier molecular flexibility index (Phi) is 9.92. The van der Waals surface area contributed by atoms with Crippen molar-refractivity contribution in [3.05, 3.63) is 146 Å². The minimum absolute atomic E-state index is 0.00896. The smallest absolute Gasteiger partial charge is 0.249 e. The summed E-state index contributed by atoms with van der Waals surface area (Å²) < 4.78 is 31.3. The van der Waals surface area contributed by atoms with Crippen LogP contribution in [0.5, 0.6) is 0 Å². The van der Waals surface area contributed by atoms with Crippen LogP contribution >= 0.6 is 39.1 Å². The molecule has 0 bridgehead atoms. The van der Waals surface area contributed by atoms with Crippen molar-refractivity contribution in [2.24, 2.45) is 5.73 Å². The molecule has 0 aromatic heterocycles. The lowest BCUT2D eigenvalue weighted by molar-refractivity contribution is -0.125. The average molecular weight is 713 g/mol. The van der Waals surface area contributed by atoms with Gasteiger partial charge in [0.1, 0.15) is 6.04 Å². The summed E-state index contributed by atoms with van der Waals surface area (Å²) in [4.78, 5) is 26.5. The van der Waals surface area contributed by atoms with E-state index >= 15 is 0 Å². The second kappa shape index (κ2) is 13.7. The Balaban J connectivity index is 1.65. The first kappa shape index (κ1) is 31.9. The number of primary amides is 1. The number of sulfonamides is 1. The lowest BCUT2D eigenvalue weighted by atomic mass is 9.88. The highest BCUT2D eigenvalue weighted by atomic mass is 79.9. The molecule has 0 aliphatic carbocycles. The van der Waals surface area contributed by atoms with Crippen LogP contribution in [-0.2, 0) is 26.0 Å². The second-order valence-electron chi connectivity index (χ2n) is 10.3. The summed E-state index contributed by atoms with van der Waals surface area (Å²) >= 11 is 16.0. The molecular formula is C33H28BrCl2N3O4S. The third kappa shape index (κ3) is 7.08. The fourth-order valence-corrected chi connectivity index (χ4v) is 7.86. The maximum Gasteiger partial charge on any atom is 0.249 e. The lowest BCUT2D eigenvalue weighted by Gasteiger charge is -2.41. The molecule has 7 nitrogen and oxygen atoms in total. The second-order valence-corrected chi connectivity index (χ2v) is 14.0. The molecule has 0 unspecified atom stereocenters. The highest BCUT2D eigenvalue weighted by molar-refractivity contribution is 9.10. The number of carbonyl (C=O) groups excluding carboxylic acids is 2. The number of nitrogens with zero attached hydrogens (tertiary/aromatic N) is 1. The highest BCUT2D eigenvalue weighted by Crippen LogP contribution is 2.46. The SMILES string of the molecule is NC(=O)[C@H](Cc1ccccc1)NC(=O)C1=CC[C@@H](c2cccc(Br)c2)N(S(=O)(=O)c2ccc(Cl)cc2)[C@H]1c1cccc(Cl)c1. The van der Waals surface area contributed by atoms with Crippen molar-refractivity contribution in [3.63, 3.8) is 0 Å². The highest BCUT2D eigenvalue weighted by Gasteiger charge is 2.45. The molecule has 0 fully saturated rings. The third-order valence-electron chi connectivity index (χ3n) is 7.40. The van der Waals surface area contributed by atoms with Gasteiger partial charge in [0.05, 0.1) is 17.0 Å². The minimum Gasteiger partial charge on any atom is -0.368 e. The monoisotopic (exact) mass is 711 g/mol. The van der Waals surface area contributed by atoms with E-state index in [1.165, 1.54) is 28.6 Å². The van der Waals surface area contributed by atoms with Crippen molar-refractivity contribution in [3.8, 4) is 0 Å². The molecule has 11 heteroatoms. The van der Waals surface area contributed by atoms with Crippen molar-refractivity contribution in [2.45, 2.75) is 35.9 Å². The topological polar surface area (TPSA) is 110 Å². The van der Waals surface area contributed by atoms with Crippen molar-refractivity contribution in [1.82, 2.24) is 9.62 Å². The number of hydrogen-bond acceptors (Lipinski definition) is 4. The van der Waals surface area contributed by atoms with Crippen LogP contribution in [0.15, 0.2) is 124 Å². The van der Waals surface area contributed by atoms with Crippen molar-refractivity contribution >= 4 is 61.0 Å². The summed E-state index contributed by atoms with van der Waals surface area (Å²) in [5.41, 5.74) is 7.87. The van der Waals surface area contributed by atoms with Crippen molar-refractivity contribution in [2.75, 3.05) is 0 Å². The molecule has 3 atom stereocenters. The van der Waals surface area contributed by atoms with E-state index in [0.29, 0.717) is 15.6 Å². The van der Waals surface area contributed by atoms with Crippen LogP contribution in [0.2, 0.25) is 10.0 Å². The summed E-state index contributed by atoms with van der Waals surface area (Å²) in [7, 11) is -4.26. The fraction of sp³-hybridized carbons (Fsp3) is 0.152. The first-order valence-electron chi connectivity index (χ1n) is 13.7. The van der Waals surface area contributed by atoms with Gasteiger partial charge < -0.3 is 11.1 Å². The van der Waals surface area contributed by atoms with E-state index in [0.717, 1.165) is 15.6 Å². The largest absolute Gasteiger partial charge is 0.368 e. The van der Waals surface area contributed by atoms with Gasteiger partial charge in [-0.3, -0.25) is 9.59 Å². The van der Waals surface area contributed by atoms with Gasteiger partial charge in [-0.25, -0.2) is 8.42 Å². The predicted molar refractivity (Wildman–Crippen MR) is 176 cm³/mol. The number of amides is 2. The number of hydrogen-bond donors (Lipinski definition) is 2. The standard InChI is InChI=1S/C33H28BrCl2N3O4S/c34-24-10-4-8-22(19-24)30-17-16-28(33(41)38-29(32(37)40)18-21-6-2-1-3-7-21)31(23-9-5-11-26(36)20-23)39(30)44(42,43)27-14-12-25(35)13-15-27/h1-16,19-20,29-31H,17-18H2,(H2,37,40)(H,38,41)/t29-,30-,31-/m0/s1. The molecule has 1 aliphatic rings. The van der Waals surface area contributed by atoms with Gasteiger partial charge in [0.2, 0.25) is 21.8 Å². The predicted octanol–water partition coefficient (Wildman–Crippen LogP) is 6.77. The molecule has 0 saturated carbocycles. The summed E-state index contributed by atoms with van der Waals surface area (Å²) in [6.45, 7) is 0. The number of rotatable bonds is 9. The molecule has 3 N–H and O–H groups in total. The molecule has 5 rings (SSSR count). The Morgan fingerprint density at radius 3 is 2.23 bits per heavy atom. The summed E-state index contributed by atoms with van der Waals surface area (Å²) in [6.07, 6.45) is 2.08. The van der Waals surface area contributed by atoms with E-state index in [9.17, 15) is 18.0 Å². The van der Waals surface area contributed by atoms with Crippen LogP contribution in [0.25, 0.3) is 0 Å². The van der Waals surface area contributed by atoms with E-state index in [1.807, 2.05) is 54.6 Å². The number of benzene rings is 4. The maximum absolute atomic E-state index is 14.6. The molecule has 4 aromatic carbocycles. The van der Waals surface area contributed by atoms with Gasteiger partial charge in [-0.15, -0.1) is 0 Å². The van der Waals surface area contributed by atoms with Crippen LogP contribution in [0.4, 0.5) is 0 Å². The van der Waals surface area contributed by atoms with Gasteiger partial charge in [-0.2, -0.15) is 4.31 Å². The van der Waals surface area contributed by atoms with Gasteiger partial charge in [0.15, 0.2) is 0 Å². The molecule has 0 radical (unpaired) electrons. The fourth-order valence-electron chi connectivity index (χ4n) is 5.34. The van der Waals surface area contributed by atoms with Gasteiger partial charge in [0.25, 0.3) is 0 Å². The molecule has 2 amide bonds. The van der Waals surface area contributed by atoms with E-state index in [-0.39, 0.29) is 23.3 Å². The number of halogens is 3. The molecule has 226 valence electrons. The molecule has 1 heterocycles. The first-order chi connectivity index (χ1) is 21.0. The van der Waals surface area contributed by atoms with E-state index in [1.54, 1.807) is 30.3 Å². The number of carbonyl (C=O) groups is 2. The Labute approximate surface area is 274 Å². The van der Waals surface area contributed by atoms with E-state index in [2.05, 4.69) is 21.2 Å². The summed E-state index contributed by atoms with van der Waals surface area (Å²) in [5.74, 6) is -1.32. The molecule has 0 saturated heterocycles. The van der Waals surface area contributed by atoms with Gasteiger partial charge >= 0.3 is 0 Å². The zero-order valence-electron chi connectivity index (χ0n) is 23.2. The van der Waals surface area contributed by atoms with Crippen LogP contribution in [0.1, 0.15) is 35.2 Å². The van der Waals surface area contributed by atoms with Crippen LogP contribution in [0.3, 0.4) is 0 Å². The van der Waals surface area contributed by atoms with E-state index < -0.39 is 40.0 Å². The number of nitrogens with one attached hydrogen (secondary N) is 1. The summed E-state index contributed by atoms with van der Waals surface area (Å²) in [5, 5.41) is 3.52. The van der Waals surface area contributed by atoms with Crippen LogP contribution in [0, 0.1) is 0 Å². The third-order valence-corrected chi connectivity index (χ3v) is 10.3. The van der Waals surface area contributed by atoms with Crippen LogP contribution in [-0.4, -0.2) is 30.6 Å². The van der Waals surface area contributed by atoms with E-state index in [4.69, 9.17) is 28.9 Å². The minimum atomic E-state index is -4.26. The zero-order valence-corrected chi connectivity index (χ0v) is 27.2. The molecule has 44 heavy (non-hydrogen) atoms. The van der Waals surface area contributed by atoms with Crippen molar-refractivity contribution < 1.29 is 18.0 Å². The van der Waals surface area contributed by atoms with Gasteiger partial charge in [0, 0.05) is 26.5 Å². The lowest BCUT2D eigenvalue weighted by Crippen LogP contribution is -2.49. The first-order valence-corrected chi connectivity index (χ1v) is 16.7. The van der Waals surface area contributed by atoms with Crippen LogP contribution < -0.4 is 11.1 Å². The Bertz CT molecular complexity index is 1820. The van der Waals surface area contributed by atoms with Gasteiger partial charge in [-0.1, -0.05) is 99.8 Å². The van der Waals surface area contributed by atoms with Crippen molar-refractivity contribution in [1.29, 1.82) is 0 Å². The molecule has 4 aromatic rings. The Morgan fingerprint density at radius 1 is 0.886 bits per heavy atom. The zero-order chi connectivity index (χ0) is 31.4. The summed E-state index contributed by atoms with van der Waals surface area (Å²) in [6, 6.07) is 26.3.